The van der Waals surface area contributed by atoms with E-state index in [1.165, 1.54) is 10.4 Å². The standard InChI is InChI=1S/C19H20N2OS/c1-4-13-5-7-14(8-6-13)18-12(2)23-19(21-18)15-9-10-17(22-3)16(20)11-15/h5-11H,4,20H2,1-3H3. The second kappa shape index (κ2) is 6.42. The van der Waals surface area contributed by atoms with Crippen molar-refractivity contribution in [3.8, 4) is 27.6 Å². The minimum absolute atomic E-state index is 0.631. The lowest BCUT2D eigenvalue weighted by Crippen LogP contribution is -1.92. The van der Waals surface area contributed by atoms with Crippen molar-refractivity contribution in [2.75, 3.05) is 12.8 Å². The molecule has 4 heteroatoms. The molecule has 0 amide bonds. The van der Waals surface area contributed by atoms with Gasteiger partial charge in [0.25, 0.3) is 0 Å². The highest BCUT2D eigenvalue weighted by atomic mass is 32.1. The van der Waals surface area contributed by atoms with Crippen molar-refractivity contribution < 1.29 is 4.74 Å². The molecular formula is C19H20N2OS. The number of ether oxygens (including phenoxy) is 1. The first-order chi connectivity index (χ1) is 11.1. The summed E-state index contributed by atoms with van der Waals surface area (Å²) in [6.07, 6.45) is 1.05. The van der Waals surface area contributed by atoms with Crippen LogP contribution in [0, 0.1) is 6.92 Å². The van der Waals surface area contributed by atoms with E-state index in [-0.39, 0.29) is 0 Å². The minimum Gasteiger partial charge on any atom is -0.495 e. The molecule has 0 saturated carbocycles. The van der Waals surface area contributed by atoms with Gasteiger partial charge in [0.05, 0.1) is 18.5 Å². The Bertz CT molecular complexity index is 822. The van der Waals surface area contributed by atoms with E-state index >= 15 is 0 Å². The average Bonchev–Trinajstić information content (AvgIpc) is 2.96. The van der Waals surface area contributed by atoms with E-state index in [1.54, 1.807) is 18.4 Å². The van der Waals surface area contributed by atoms with Gasteiger partial charge in [-0.3, -0.25) is 0 Å². The molecule has 1 aromatic heterocycles. The van der Waals surface area contributed by atoms with Crippen LogP contribution in [-0.4, -0.2) is 12.1 Å². The molecule has 2 N–H and O–H groups in total. The van der Waals surface area contributed by atoms with Crippen molar-refractivity contribution in [3.05, 3.63) is 52.9 Å². The first-order valence-corrected chi connectivity index (χ1v) is 8.44. The highest BCUT2D eigenvalue weighted by molar-refractivity contribution is 7.15. The normalized spacial score (nSPS) is 10.7. The molecule has 0 aliphatic heterocycles. The summed E-state index contributed by atoms with van der Waals surface area (Å²) >= 11 is 1.69. The van der Waals surface area contributed by atoms with Crippen molar-refractivity contribution in [2.45, 2.75) is 20.3 Å². The first-order valence-electron chi connectivity index (χ1n) is 7.63. The lowest BCUT2D eigenvalue weighted by atomic mass is 10.1. The van der Waals surface area contributed by atoms with Crippen LogP contribution in [0.4, 0.5) is 5.69 Å². The summed E-state index contributed by atoms with van der Waals surface area (Å²) < 4.78 is 5.21. The van der Waals surface area contributed by atoms with E-state index in [2.05, 4.69) is 38.1 Å². The quantitative estimate of drug-likeness (QED) is 0.692. The number of nitrogen functional groups attached to an aromatic ring is 1. The summed E-state index contributed by atoms with van der Waals surface area (Å²) in [5.74, 6) is 0.692. The van der Waals surface area contributed by atoms with Crippen molar-refractivity contribution in [3.63, 3.8) is 0 Å². The summed E-state index contributed by atoms with van der Waals surface area (Å²) in [6, 6.07) is 14.4. The maximum absolute atomic E-state index is 6.01. The van der Waals surface area contributed by atoms with Crippen molar-refractivity contribution in [1.29, 1.82) is 0 Å². The van der Waals surface area contributed by atoms with Gasteiger partial charge in [-0.1, -0.05) is 31.2 Å². The monoisotopic (exact) mass is 324 g/mol. The van der Waals surface area contributed by atoms with Gasteiger partial charge in [-0.05, 0) is 37.1 Å². The number of nitrogens with zero attached hydrogens (tertiary/aromatic N) is 1. The molecule has 1 heterocycles. The van der Waals surface area contributed by atoms with Crippen LogP contribution in [-0.2, 0) is 6.42 Å². The number of benzene rings is 2. The highest BCUT2D eigenvalue weighted by Gasteiger charge is 2.12. The largest absolute Gasteiger partial charge is 0.495 e. The summed E-state index contributed by atoms with van der Waals surface area (Å²) in [5, 5.41) is 0.978. The molecule has 0 aliphatic carbocycles. The van der Waals surface area contributed by atoms with Gasteiger partial charge in [-0.15, -0.1) is 11.3 Å². The number of methoxy groups -OCH3 is 1. The SMILES string of the molecule is CCc1ccc(-c2nc(-c3ccc(OC)c(N)c3)sc2C)cc1. The molecule has 118 valence electrons. The van der Waals surface area contributed by atoms with Crippen LogP contribution < -0.4 is 10.5 Å². The third-order valence-electron chi connectivity index (χ3n) is 3.91. The Balaban J connectivity index is 1.98. The Morgan fingerprint density at radius 3 is 2.39 bits per heavy atom. The molecule has 0 saturated heterocycles. The number of rotatable bonds is 4. The fourth-order valence-corrected chi connectivity index (χ4v) is 3.49. The molecule has 0 atom stereocenters. The summed E-state index contributed by atoms with van der Waals surface area (Å²) in [5.41, 5.74) is 11.2. The maximum Gasteiger partial charge on any atom is 0.141 e. The van der Waals surface area contributed by atoms with Gasteiger partial charge in [0.1, 0.15) is 10.8 Å². The molecule has 23 heavy (non-hydrogen) atoms. The molecular weight excluding hydrogens is 304 g/mol. The van der Waals surface area contributed by atoms with Crippen LogP contribution in [0.1, 0.15) is 17.4 Å². The lowest BCUT2D eigenvalue weighted by Gasteiger charge is -2.05. The number of thiazole rings is 1. The van der Waals surface area contributed by atoms with E-state index < -0.39 is 0 Å². The van der Waals surface area contributed by atoms with Crippen LogP contribution in [0.25, 0.3) is 21.8 Å². The fourth-order valence-electron chi connectivity index (χ4n) is 2.55. The van der Waals surface area contributed by atoms with Gasteiger partial charge in [-0.25, -0.2) is 4.98 Å². The Morgan fingerprint density at radius 1 is 1.09 bits per heavy atom. The van der Waals surface area contributed by atoms with Gasteiger partial charge in [0.15, 0.2) is 0 Å². The van der Waals surface area contributed by atoms with E-state index in [0.29, 0.717) is 11.4 Å². The third kappa shape index (κ3) is 3.08. The zero-order valence-corrected chi connectivity index (χ0v) is 14.4. The Labute approximate surface area is 140 Å². The van der Waals surface area contributed by atoms with Gasteiger partial charge < -0.3 is 10.5 Å². The van der Waals surface area contributed by atoms with E-state index in [4.69, 9.17) is 15.5 Å². The number of aryl methyl sites for hydroxylation is 2. The smallest absolute Gasteiger partial charge is 0.141 e. The second-order valence-electron chi connectivity index (χ2n) is 5.43. The number of hydrogen-bond donors (Lipinski definition) is 1. The molecule has 0 spiro atoms. The maximum atomic E-state index is 6.01. The molecule has 2 aromatic carbocycles. The molecule has 0 radical (unpaired) electrons. The molecule has 3 aromatic rings. The van der Waals surface area contributed by atoms with Crippen LogP contribution in [0.15, 0.2) is 42.5 Å². The van der Waals surface area contributed by atoms with Gasteiger partial charge in [0, 0.05) is 16.0 Å². The van der Waals surface area contributed by atoms with E-state index in [9.17, 15) is 0 Å². The zero-order chi connectivity index (χ0) is 16.4. The van der Waals surface area contributed by atoms with Crippen molar-refractivity contribution in [2.24, 2.45) is 0 Å². The van der Waals surface area contributed by atoms with Crippen LogP contribution >= 0.6 is 11.3 Å². The van der Waals surface area contributed by atoms with Gasteiger partial charge in [-0.2, -0.15) is 0 Å². The first kappa shape index (κ1) is 15.6. The van der Waals surface area contributed by atoms with Crippen LogP contribution in [0.3, 0.4) is 0 Å². The molecule has 3 rings (SSSR count). The summed E-state index contributed by atoms with van der Waals surface area (Å²) in [4.78, 5) is 6.03. The second-order valence-corrected chi connectivity index (χ2v) is 6.63. The Kier molecular flexibility index (Phi) is 4.35. The molecule has 0 unspecified atom stereocenters. The summed E-state index contributed by atoms with van der Waals surface area (Å²) in [6.45, 7) is 4.27. The minimum atomic E-state index is 0.631. The Morgan fingerprint density at radius 2 is 1.78 bits per heavy atom. The number of anilines is 1. The van der Waals surface area contributed by atoms with Crippen LogP contribution in [0.2, 0.25) is 0 Å². The predicted octanol–water partition coefficient (Wildman–Crippen LogP) is 4.94. The van der Waals surface area contributed by atoms with Gasteiger partial charge in [0.2, 0.25) is 0 Å². The van der Waals surface area contributed by atoms with Gasteiger partial charge >= 0.3 is 0 Å². The van der Waals surface area contributed by atoms with E-state index in [1.807, 2.05) is 18.2 Å². The topological polar surface area (TPSA) is 48.1 Å². The number of hydrogen-bond acceptors (Lipinski definition) is 4. The van der Waals surface area contributed by atoms with Crippen molar-refractivity contribution >= 4 is 17.0 Å². The number of aromatic nitrogens is 1. The molecule has 0 bridgehead atoms. The predicted molar refractivity (Wildman–Crippen MR) is 98.1 cm³/mol. The van der Waals surface area contributed by atoms with E-state index in [0.717, 1.165) is 28.2 Å². The number of nitrogens with two attached hydrogens (primary N) is 1. The molecule has 0 fully saturated rings. The molecule has 0 aliphatic rings. The van der Waals surface area contributed by atoms with Crippen LogP contribution in [0.5, 0.6) is 5.75 Å². The molecule has 3 nitrogen and oxygen atoms in total. The summed E-state index contributed by atoms with van der Waals surface area (Å²) in [7, 11) is 1.62. The Hall–Kier alpha value is -2.33. The fraction of sp³-hybridized carbons (Fsp3) is 0.211. The third-order valence-corrected chi connectivity index (χ3v) is 4.93. The average molecular weight is 324 g/mol. The lowest BCUT2D eigenvalue weighted by molar-refractivity contribution is 0.417. The highest BCUT2D eigenvalue weighted by Crippen LogP contribution is 2.35. The zero-order valence-electron chi connectivity index (χ0n) is 13.6. The van der Waals surface area contributed by atoms with Crippen molar-refractivity contribution in [1.82, 2.24) is 4.98 Å².